The van der Waals surface area contributed by atoms with E-state index in [1.165, 1.54) is 0 Å². The predicted molar refractivity (Wildman–Crippen MR) is 89.9 cm³/mol. The summed E-state index contributed by atoms with van der Waals surface area (Å²) in [6.45, 7) is 4.10. The van der Waals surface area contributed by atoms with Gasteiger partial charge in [0, 0.05) is 11.4 Å². The molecule has 1 aromatic rings. The van der Waals surface area contributed by atoms with Crippen molar-refractivity contribution in [1.29, 1.82) is 0 Å². The highest BCUT2D eigenvalue weighted by Crippen LogP contribution is 2.22. The van der Waals surface area contributed by atoms with E-state index in [2.05, 4.69) is 4.72 Å². The van der Waals surface area contributed by atoms with E-state index in [9.17, 15) is 9.23 Å². The second-order valence-corrected chi connectivity index (χ2v) is 5.97. The SMILES string of the molecule is C\C=C(/C=C1/B(O)OC/C1=C/C)NS(=O)c1ccc(N)cc1. The number of rotatable bonds is 4. The summed E-state index contributed by atoms with van der Waals surface area (Å²) in [6, 6.07) is 6.83. The van der Waals surface area contributed by atoms with Gasteiger partial charge in [0.15, 0.2) is 0 Å². The lowest BCUT2D eigenvalue weighted by Gasteiger charge is -2.09. The van der Waals surface area contributed by atoms with Crippen LogP contribution in [0, 0.1) is 0 Å². The van der Waals surface area contributed by atoms with Crippen molar-refractivity contribution in [1.82, 2.24) is 4.72 Å². The largest absolute Gasteiger partial charge is 0.491 e. The van der Waals surface area contributed by atoms with E-state index in [0.29, 0.717) is 28.4 Å². The molecule has 1 atom stereocenters. The second kappa shape index (κ2) is 7.44. The molecule has 7 heteroatoms. The van der Waals surface area contributed by atoms with Gasteiger partial charge >= 0.3 is 7.12 Å². The molecule has 1 unspecified atom stereocenters. The van der Waals surface area contributed by atoms with Gasteiger partial charge in [-0.3, -0.25) is 0 Å². The monoisotopic (exact) mass is 318 g/mol. The first-order valence-corrected chi connectivity index (χ1v) is 8.07. The van der Waals surface area contributed by atoms with Gasteiger partial charge in [0.05, 0.1) is 11.5 Å². The van der Waals surface area contributed by atoms with Crippen LogP contribution in [-0.4, -0.2) is 23.0 Å². The first-order valence-electron chi connectivity index (χ1n) is 6.92. The van der Waals surface area contributed by atoms with Crippen LogP contribution in [-0.2, 0) is 15.6 Å². The summed E-state index contributed by atoms with van der Waals surface area (Å²) >= 11 is 0. The van der Waals surface area contributed by atoms with Crippen molar-refractivity contribution >= 4 is 23.8 Å². The third-order valence-corrected chi connectivity index (χ3v) is 4.43. The minimum Gasteiger partial charge on any atom is -0.423 e. The standard InChI is InChI=1S/C15H19BN2O3S/c1-3-11-10-21-16(19)15(11)9-13(4-2)18-22(20)14-7-5-12(17)6-8-14/h3-9,18-19H,10,17H2,1-2H3/b11-3-,13-4+,15-9+. The molecule has 0 spiro atoms. The lowest BCUT2D eigenvalue weighted by atomic mass is 9.77. The molecule has 0 radical (unpaired) electrons. The normalized spacial score (nSPS) is 20.7. The number of anilines is 1. The number of hydrogen-bond donors (Lipinski definition) is 3. The van der Waals surface area contributed by atoms with Crippen molar-refractivity contribution < 1.29 is 13.9 Å². The Bertz CT molecular complexity index is 653. The Hall–Kier alpha value is -1.83. The molecule has 22 heavy (non-hydrogen) atoms. The highest BCUT2D eigenvalue weighted by Gasteiger charge is 2.30. The molecule has 0 aliphatic carbocycles. The van der Waals surface area contributed by atoms with Crippen LogP contribution in [0.3, 0.4) is 0 Å². The fourth-order valence-electron chi connectivity index (χ4n) is 2.01. The third-order valence-electron chi connectivity index (χ3n) is 3.31. The zero-order chi connectivity index (χ0) is 16.1. The van der Waals surface area contributed by atoms with E-state index in [1.807, 2.05) is 19.9 Å². The molecule has 2 rings (SSSR count). The van der Waals surface area contributed by atoms with Crippen molar-refractivity contribution in [3.8, 4) is 0 Å². The van der Waals surface area contributed by atoms with Gasteiger partial charge in [0.2, 0.25) is 0 Å². The zero-order valence-electron chi connectivity index (χ0n) is 12.6. The maximum absolute atomic E-state index is 12.3. The second-order valence-electron chi connectivity index (χ2n) is 4.76. The van der Waals surface area contributed by atoms with Crippen LogP contribution in [0.5, 0.6) is 0 Å². The highest BCUT2D eigenvalue weighted by molar-refractivity contribution is 7.83. The van der Waals surface area contributed by atoms with E-state index < -0.39 is 18.1 Å². The average molecular weight is 318 g/mol. The molecule has 0 aromatic heterocycles. The summed E-state index contributed by atoms with van der Waals surface area (Å²) < 4.78 is 20.4. The van der Waals surface area contributed by atoms with Crippen LogP contribution < -0.4 is 10.5 Å². The van der Waals surface area contributed by atoms with Crippen molar-refractivity contribution in [3.05, 3.63) is 59.2 Å². The van der Waals surface area contributed by atoms with E-state index in [1.54, 1.807) is 36.4 Å². The molecular weight excluding hydrogens is 299 g/mol. The maximum atomic E-state index is 12.3. The van der Waals surface area contributed by atoms with Gasteiger partial charge in [-0.25, -0.2) is 4.21 Å². The molecule has 0 saturated carbocycles. The Morgan fingerprint density at radius 1 is 1.41 bits per heavy atom. The summed E-state index contributed by atoms with van der Waals surface area (Å²) in [5, 5.41) is 9.84. The van der Waals surface area contributed by atoms with E-state index in [-0.39, 0.29) is 0 Å². The zero-order valence-corrected chi connectivity index (χ0v) is 13.4. The summed E-state index contributed by atoms with van der Waals surface area (Å²) in [5.41, 5.74) is 8.49. The Labute approximate surface area is 133 Å². The van der Waals surface area contributed by atoms with Gasteiger partial charge < -0.3 is 20.1 Å². The van der Waals surface area contributed by atoms with Crippen LogP contribution in [0.25, 0.3) is 0 Å². The topological polar surface area (TPSA) is 84.6 Å². The number of nitrogens with one attached hydrogen (secondary N) is 1. The molecule has 1 fully saturated rings. The van der Waals surface area contributed by atoms with Crippen LogP contribution in [0.1, 0.15) is 13.8 Å². The fourth-order valence-corrected chi connectivity index (χ4v) is 2.90. The lowest BCUT2D eigenvalue weighted by molar-refractivity contribution is 0.316. The summed E-state index contributed by atoms with van der Waals surface area (Å²) in [7, 11) is -2.36. The van der Waals surface area contributed by atoms with Gasteiger partial charge in [0.25, 0.3) is 0 Å². The molecule has 0 amide bonds. The van der Waals surface area contributed by atoms with Gasteiger partial charge in [-0.2, -0.15) is 0 Å². The van der Waals surface area contributed by atoms with E-state index in [0.717, 1.165) is 5.57 Å². The smallest absolute Gasteiger partial charge is 0.423 e. The molecule has 116 valence electrons. The van der Waals surface area contributed by atoms with Gasteiger partial charge in [-0.05, 0) is 55.2 Å². The molecule has 1 heterocycles. The van der Waals surface area contributed by atoms with Crippen molar-refractivity contribution in [2.45, 2.75) is 18.7 Å². The Kier molecular flexibility index (Phi) is 5.60. The Morgan fingerprint density at radius 2 is 2.09 bits per heavy atom. The summed E-state index contributed by atoms with van der Waals surface area (Å²) in [5.74, 6) is 0. The van der Waals surface area contributed by atoms with Crippen molar-refractivity contribution in [2.24, 2.45) is 0 Å². The van der Waals surface area contributed by atoms with Gasteiger partial charge in [-0.1, -0.05) is 12.2 Å². The fraction of sp³-hybridized carbons (Fsp3) is 0.200. The van der Waals surface area contributed by atoms with Crippen LogP contribution in [0.15, 0.2) is 64.1 Å². The molecule has 4 N–H and O–H groups in total. The third kappa shape index (κ3) is 3.88. The Morgan fingerprint density at radius 3 is 2.68 bits per heavy atom. The number of hydrogen-bond acceptors (Lipinski definition) is 4. The van der Waals surface area contributed by atoms with Crippen LogP contribution >= 0.6 is 0 Å². The number of nitrogens with two attached hydrogens (primary N) is 1. The minimum atomic E-state index is -1.41. The highest BCUT2D eigenvalue weighted by atomic mass is 32.2. The minimum absolute atomic E-state index is 0.377. The summed E-state index contributed by atoms with van der Waals surface area (Å²) in [4.78, 5) is 0.626. The molecule has 1 aliphatic rings. The molecule has 1 aliphatic heterocycles. The molecule has 5 nitrogen and oxygen atoms in total. The first-order chi connectivity index (χ1) is 10.5. The number of benzene rings is 1. The molecule has 0 bridgehead atoms. The number of allylic oxidation sites excluding steroid dienone is 3. The van der Waals surface area contributed by atoms with Crippen LogP contribution in [0.4, 0.5) is 5.69 Å². The van der Waals surface area contributed by atoms with Crippen molar-refractivity contribution in [3.63, 3.8) is 0 Å². The average Bonchev–Trinajstić information content (AvgIpc) is 2.87. The molecule has 1 saturated heterocycles. The van der Waals surface area contributed by atoms with Crippen molar-refractivity contribution in [2.75, 3.05) is 12.3 Å². The number of nitrogen functional groups attached to an aromatic ring is 1. The summed E-state index contributed by atoms with van der Waals surface area (Å²) in [6.07, 6.45) is 5.44. The maximum Gasteiger partial charge on any atom is 0.491 e. The van der Waals surface area contributed by atoms with Crippen LogP contribution in [0.2, 0.25) is 0 Å². The predicted octanol–water partition coefficient (Wildman–Crippen LogP) is 1.71. The molecule has 1 aromatic carbocycles. The lowest BCUT2D eigenvalue weighted by Crippen LogP contribution is -2.18. The van der Waals surface area contributed by atoms with Gasteiger partial charge in [-0.15, -0.1) is 0 Å². The molecular formula is C15H19BN2O3S. The Balaban J connectivity index is 2.16. The quantitative estimate of drug-likeness (QED) is 0.583. The van der Waals surface area contributed by atoms with E-state index >= 15 is 0 Å². The van der Waals surface area contributed by atoms with Gasteiger partial charge in [0.1, 0.15) is 11.0 Å². The van der Waals surface area contributed by atoms with E-state index in [4.69, 9.17) is 10.4 Å². The first kappa shape index (κ1) is 16.5.